The first-order valence-electron chi connectivity index (χ1n) is 2.24. The molecule has 0 bridgehead atoms. The van der Waals surface area contributed by atoms with Crippen LogP contribution in [0.2, 0.25) is 0 Å². The summed E-state index contributed by atoms with van der Waals surface area (Å²) in [5, 5.41) is 1.19. The number of hydrogen-bond donors (Lipinski definition) is 2. The number of nitrogens with zero attached hydrogens (tertiary/aromatic N) is 1. The van der Waals surface area contributed by atoms with Crippen LogP contribution in [0.3, 0.4) is 0 Å². The van der Waals surface area contributed by atoms with Crippen molar-refractivity contribution >= 4 is 0 Å². The van der Waals surface area contributed by atoms with Gasteiger partial charge in [0, 0.05) is 5.54 Å². The van der Waals surface area contributed by atoms with Gasteiger partial charge in [-0.25, -0.2) is 0 Å². The molecule has 0 amide bonds. The van der Waals surface area contributed by atoms with Crippen LogP contribution in [0.4, 0.5) is 0 Å². The molecule has 0 saturated heterocycles. The minimum absolute atomic E-state index is 0.111. The summed E-state index contributed by atoms with van der Waals surface area (Å²) in [5.74, 6) is 10.4. The van der Waals surface area contributed by atoms with Gasteiger partial charge in [-0.15, -0.1) is 0 Å². The van der Waals surface area contributed by atoms with E-state index in [4.69, 9.17) is 11.7 Å². The molecule has 7 heavy (non-hydrogen) atoms. The number of hydrazine groups is 2. The lowest BCUT2D eigenvalue weighted by Crippen LogP contribution is -2.51. The van der Waals surface area contributed by atoms with Crippen molar-refractivity contribution in [2.45, 2.75) is 26.3 Å². The molecule has 3 nitrogen and oxygen atoms in total. The smallest absolute Gasteiger partial charge is 0.0420 e. The molecular formula is C4H13N3. The third-order valence-electron chi connectivity index (χ3n) is 0.775. The molecule has 0 spiro atoms. The first-order chi connectivity index (χ1) is 2.94. The van der Waals surface area contributed by atoms with E-state index in [9.17, 15) is 0 Å². The predicted molar refractivity (Wildman–Crippen MR) is 30.0 cm³/mol. The van der Waals surface area contributed by atoms with Crippen LogP contribution in [0.25, 0.3) is 0 Å². The first kappa shape index (κ1) is 6.88. The van der Waals surface area contributed by atoms with Crippen molar-refractivity contribution in [3.8, 4) is 0 Å². The van der Waals surface area contributed by atoms with Crippen LogP contribution in [0, 0.1) is 0 Å². The highest BCUT2D eigenvalue weighted by Gasteiger charge is 2.12. The Morgan fingerprint density at radius 3 is 1.29 bits per heavy atom. The summed E-state index contributed by atoms with van der Waals surface area (Å²) in [6.07, 6.45) is 0. The van der Waals surface area contributed by atoms with E-state index in [1.165, 1.54) is 5.12 Å². The first-order valence-corrected chi connectivity index (χ1v) is 2.24. The molecule has 0 aliphatic rings. The molecule has 0 aromatic rings. The topological polar surface area (TPSA) is 55.3 Å². The third-order valence-corrected chi connectivity index (χ3v) is 0.775. The summed E-state index contributed by atoms with van der Waals surface area (Å²) in [4.78, 5) is 0. The van der Waals surface area contributed by atoms with Crippen molar-refractivity contribution < 1.29 is 0 Å². The molecular weight excluding hydrogens is 90.1 g/mol. The van der Waals surface area contributed by atoms with E-state index in [0.717, 1.165) is 0 Å². The molecule has 0 rings (SSSR count). The fourth-order valence-corrected chi connectivity index (χ4v) is 0. The van der Waals surface area contributed by atoms with Crippen molar-refractivity contribution in [3.05, 3.63) is 0 Å². The normalized spacial score (nSPS) is 12.9. The van der Waals surface area contributed by atoms with Crippen molar-refractivity contribution in [1.82, 2.24) is 5.12 Å². The molecule has 0 radical (unpaired) electrons. The lowest BCUT2D eigenvalue weighted by Gasteiger charge is -2.25. The van der Waals surface area contributed by atoms with Gasteiger partial charge in [0.25, 0.3) is 0 Å². The van der Waals surface area contributed by atoms with Crippen molar-refractivity contribution in [2.75, 3.05) is 0 Å². The second-order valence-corrected chi connectivity index (χ2v) is 2.58. The lowest BCUT2D eigenvalue weighted by molar-refractivity contribution is 0.141. The zero-order chi connectivity index (χ0) is 6.08. The van der Waals surface area contributed by atoms with Gasteiger partial charge in [-0.1, -0.05) is 0 Å². The molecule has 0 heterocycles. The highest BCUT2D eigenvalue weighted by Crippen LogP contribution is 2.01. The van der Waals surface area contributed by atoms with Crippen LogP contribution in [-0.4, -0.2) is 10.7 Å². The van der Waals surface area contributed by atoms with E-state index in [1.54, 1.807) is 0 Å². The molecule has 44 valence electrons. The zero-order valence-corrected chi connectivity index (χ0v) is 5.10. The maximum absolute atomic E-state index is 5.18. The molecule has 0 unspecified atom stereocenters. The summed E-state index contributed by atoms with van der Waals surface area (Å²) in [7, 11) is 0. The van der Waals surface area contributed by atoms with Gasteiger partial charge in [-0.05, 0) is 20.8 Å². The molecule has 3 heteroatoms. The van der Waals surface area contributed by atoms with E-state index in [1.807, 2.05) is 20.8 Å². The maximum atomic E-state index is 5.18. The molecule has 0 aliphatic carbocycles. The van der Waals surface area contributed by atoms with Gasteiger partial charge < -0.3 is 0 Å². The molecule has 0 fully saturated rings. The van der Waals surface area contributed by atoms with Crippen molar-refractivity contribution in [3.63, 3.8) is 0 Å². The Bertz CT molecular complexity index is 52.4. The lowest BCUT2D eigenvalue weighted by atomic mass is 10.1. The SMILES string of the molecule is CC(C)(C)N(N)N. The summed E-state index contributed by atoms with van der Waals surface area (Å²) >= 11 is 0. The summed E-state index contributed by atoms with van der Waals surface area (Å²) in [6.45, 7) is 5.81. The van der Waals surface area contributed by atoms with Crippen LogP contribution in [0.5, 0.6) is 0 Å². The molecule has 4 N–H and O–H groups in total. The van der Waals surface area contributed by atoms with Gasteiger partial charge in [0.05, 0.1) is 0 Å². The van der Waals surface area contributed by atoms with E-state index in [2.05, 4.69) is 0 Å². The average molecular weight is 103 g/mol. The van der Waals surface area contributed by atoms with Crippen LogP contribution in [0.1, 0.15) is 20.8 Å². The van der Waals surface area contributed by atoms with Gasteiger partial charge in [0.15, 0.2) is 0 Å². The van der Waals surface area contributed by atoms with Crippen molar-refractivity contribution in [1.29, 1.82) is 0 Å². The van der Waals surface area contributed by atoms with E-state index in [0.29, 0.717) is 0 Å². The van der Waals surface area contributed by atoms with Gasteiger partial charge >= 0.3 is 0 Å². The van der Waals surface area contributed by atoms with Gasteiger partial charge in [0.2, 0.25) is 0 Å². The summed E-state index contributed by atoms with van der Waals surface area (Å²) in [6, 6.07) is 0. The Kier molecular flexibility index (Phi) is 1.75. The molecule has 0 atom stereocenters. The van der Waals surface area contributed by atoms with Gasteiger partial charge in [-0.3, -0.25) is 11.7 Å². The quantitative estimate of drug-likeness (QED) is 0.331. The van der Waals surface area contributed by atoms with Crippen LogP contribution in [0.15, 0.2) is 0 Å². The summed E-state index contributed by atoms with van der Waals surface area (Å²) < 4.78 is 0. The van der Waals surface area contributed by atoms with Crippen molar-refractivity contribution in [2.24, 2.45) is 11.7 Å². The maximum Gasteiger partial charge on any atom is 0.0420 e. The standard InChI is InChI=1S/C4H13N3/c1-4(2,3)7(5)6/h5-6H2,1-3H3. The summed E-state index contributed by atoms with van der Waals surface area (Å²) in [5.41, 5.74) is -0.111. The monoisotopic (exact) mass is 103 g/mol. The van der Waals surface area contributed by atoms with Crippen LogP contribution in [-0.2, 0) is 0 Å². The molecule has 0 aliphatic heterocycles. The largest absolute Gasteiger partial charge is 0.255 e. The highest BCUT2D eigenvalue weighted by atomic mass is 15.6. The second-order valence-electron chi connectivity index (χ2n) is 2.58. The van der Waals surface area contributed by atoms with E-state index in [-0.39, 0.29) is 5.54 Å². The Morgan fingerprint density at radius 1 is 1.14 bits per heavy atom. The van der Waals surface area contributed by atoms with Gasteiger partial charge in [0.1, 0.15) is 0 Å². The minimum atomic E-state index is -0.111. The Balaban J connectivity index is 3.54. The zero-order valence-electron chi connectivity index (χ0n) is 5.10. The second kappa shape index (κ2) is 1.78. The number of rotatable bonds is 0. The van der Waals surface area contributed by atoms with Crippen LogP contribution < -0.4 is 11.7 Å². The predicted octanol–water partition coefficient (Wildman–Crippen LogP) is -0.166. The molecule has 0 saturated carbocycles. The fraction of sp³-hybridized carbons (Fsp3) is 1.00. The Hall–Kier alpha value is -0.120. The number of nitrogens with two attached hydrogens (primary N) is 2. The minimum Gasteiger partial charge on any atom is -0.255 e. The highest BCUT2D eigenvalue weighted by molar-refractivity contribution is 4.64. The average Bonchev–Trinajstić information content (AvgIpc) is 1.31. The Morgan fingerprint density at radius 2 is 1.29 bits per heavy atom. The van der Waals surface area contributed by atoms with E-state index < -0.39 is 0 Å². The Labute approximate surface area is 44.2 Å². The van der Waals surface area contributed by atoms with E-state index >= 15 is 0 Å². The molecule has 0 aromatic heterocycles. The van der Waals surface area contributed by atoms with Gasteiger partial charge in [-0.2, -0.15) is 5.12 Å². The molecule has 0 aromatic carbocycles. The van der Waals surface area contributed by atoms with Crippen LogP contribution >= 0.6 is 0 Å². The fourth-order valence-electron chi connectivity index (χ4n) is 0. The third kappa shape index (κ3) is 2.56. The number of hydrogen-bond acceptors (Lipinski definition) is 3.